The zero-order valence-electron chi connectivity index (χ0n) is 10.4. The van der Waals surface area contributed by atoms with Gasteiger partial charge in [0.2, 0.25) is 5.91 Å². The van der Waals surface area contributed by atoms with E-state index in [9.17, 15) is 13.2 Å². The van der Waals surface area contributed by atoms with Gasteiger partial charge < -0.3 is 5.32 Å². The highest BCUT2D eigenvalue weighted by Gasteiger charge is 2.15. The molecule has 0 unspecified atom stereocenters. The SMILES string of the molecule is C#CCS(=O)(=O)CC(=O)Nc1ccc(C)c(C)c1. The summed E-state index contributed by atoms with van der Waals surface area (Å²) >= 11 is 0. The van der Waals surface area contributed by atoms with Crippen LogP contribution in [0.1, 0.15) is 11.1 Å². The van der Waals surface area contributed by atoms with Gasteiger partial charge in [-0.1, -0.05) is 12.0 Å². The van der Waals surface area contributed by atoms with Gasteiger partial charge in [0.25, 0.3) is 0 Å². The lowest BCUT2D eigenvalue weighted by atomic mass is 10.1. The maximum absolute atomic E-state index is 11.5. The van der Waals surface area contributed by atoms with E-state index >= 15 is 0 Å². The Morgan fingerprint density at radius 3 is 2.56 bits per heavy atom. The Labute approximate surface area is 107 Å². The first-order chi connectivity index (χ1) is 8.34. The standard InChI is InChI=1S/C13H15NO3S/c1-4-7-18(16,17)9-13(15)14-12-6-5-10(2)11(3)8-12/h1,5-6,8H,7,9H2,2-3H3,(H,14,15). The Morgan fingerprint density at radius 1 is 1.33 bits per heavy atom. The second-order valence-electron chi connectivity index (χ2n) is 4.08. The second kappa shape index (κ2) is 5.69. The van der Waals surface area contributed by atoms with Crippen molar-refractivity contribution in [1.82, 2.24) is 0 Å². The van der Waals surface area contributed by atoms with Crippen molar-refractivity contribution in [2.24, 2.45) is 0 Å². The molecule has 0 aliphatic carbocycles. The van der Waals surface area contributed by atoms with Gasteiger partial charge in [-0.2, -0.15) is 0 Å². The minimum absolute atomic E-state index is 0.423. The Balaban J connectivity index is 2.71. The first kappa shape index (κ1) is 14.3. The largest absolute Gasteiger partial charge is 0.325 e. The summed E-state index contributed by atoms with van der Waals surface area (Å²) in [6, 6.07) is 5.38. The molecule has 1 aromatic carbocycles. The number of rotatable bonds is 4. The topological polar surface area (TPSA) is 63.2 Å². The fourth-order valence-corrected chi connectivity index (χ4v) is 2.22. The maximum atomic E-state index is 11.5. The zero-order valence-corrected chi connectivity index (χ0v) is 11.2. The van der Waals surface area contributed by atoms with E-state index in [1.807, 2.05) is 25.8 Å². The summed E-state index contributed by atoms with van der Waals surface area (Å²) < 4.78 is 22.7. The van der Waals surface area contributed by atoms with Gasteiger partial charge in [0.1, 0.15) is 11.5 Å². The van der Waals surface area contributed by atoms with Gasteiger partial charge >= 0.3 is 0 Å². The van der Waals surface area contributed by atoms with Gasteiger partial charge in [-0.3, -0.25) is 4.79 Å². The number of carbonyl (C=O) groups excluding carboxylic acids is 1. The Kier molecular flexibility index (Phi) is 4.51. The number of amides is 1. The number of sulfone groups is 1. The molecule has 0 aromatic heterocycles. The smallest absolute Gasteiger partial charge is 0.239 e. The fraction of sp³-hybridized carbons (Fsp3) is 0.308. The lowest BCUT2D eigenvalue weighted by Gasteiger charge is -2.07. The maximum Gasteiger partial charge on any atom is 0.239 e. The molecule has 0 atom stereocenters. The van der Waals surface area contributed by atoms with Crippen LogP contribution in [-0.2, 0) is 14.6 Å². The summed E-state index contributed by atoms with van der Waals surface area (Å²) in [5, 5.41) is 2.54. The molecule has 0 aliphatic heterocycles. The molecule has 96 valence electrons. The van der Waals surface area contributed by atoms with Crippen LogP contribution in [0.25, 0.3) is 0 Å². The highest BCUT2D eigenvalue weighted by Crippen LogP contribution is 2.14. The predicted molar refractivity (Wildman–Crippen MR) is 72.0 cm³/mol. The van der Waals surface area contributed by atoms with Crippen molar-refractivity contribution in [2.75, 3.05) is 16.8 Å². The van der Waals surface area contributed by atoms with E-state index in [2.05, 4.69) is 5.32 Å². The van der Waals surface area contributed by atoms with Crippen LogP contribution >= 0.6 is 0 Å². The quantitative estimate of drug-likeness (QED) is 0.834. The van der Waals surface area contributed by atoms with Crippen LogP contribution in [-0.4, -0.2) is 25.8 Å². The molecular formula is C13H15NO3S. The summed E-state index contributed by atoms with van der Waals surface area (Å²) in [4.78, 5) is 11.5. The molecule has 0 radical (unpaired) electrons. The number of carbonyl (C=O) groups is 1. The number of nitrogens with one attached hydrogen (secondary N) is 1. The van der Waals surface area contributed by atoms with E-state index in [0.29, 0.717) is 5.69 Å². The molecule has 5 heteroatoms. The van der Waals surface area contributed by atoms with Crippen molar-refractivity contribution < 1.29 is 13.2 Å². The third kappa shape index (κ3) is 4.22. The van der Waals surface area contributed by atoms with Crippen molar-refractivity contribution >= 4 is 21.4 Å². The minimum atomic E-state index is -3.52. The van der Waals surface area contributed by atoms with Crippen molar-refractivity contribution in [3.05, 3.63) is 29.3 Å². The van der Waals surface area contributed by atoms with Gasteiger partial charge in [0, 0.05) is 5.69 Å². The summed E-state index contributed by atoms with van der Waals surface area (Å²) in [6.45, 7) is 3.87. The van der Waals surface area contributed by atoms with Crippen LogP contribution in [0.15, 0.2) is 18.2 Å². The van der Waals surface area contributed by atoms with Crippen molar-refractivity contribution in [2.45, 2.75) is 13.8 Å². The molecule has 1 aromatic rings. The normalized spacial score (nSPS) is 10.7. The summed E-state index contributed by atoms with van der Waals surface area (Å²) in [5.74, 6) is 0.434. The molecule has 0 fully saturated rings. The molecule has 1 N–H and O–H groups in total. The monoisotopic (exact) mass is 265 g/mol. The van der Waals surface area contributed by atoms with Crippen LogP contribution in [0.2, 0.25) is 0 Å². The first-order valence-corrected chi connectivity index (χ1v) is 7.17. The van der Waals surface area contributed by atoms with Gasteiger partial charge in [0.05, 0.1) is 0 Å². The van der Waals surface area contributed by atoms with Crippen molar-refractivity contribution in [3.8, 4) is 12.3 Å². The Bertz CT molecular complexity index is 597. The number of hydrogen-bond acceptors (Lipinski definition) is 3. The van der Waals surface area contributed by atoms with E-state index in [-0.39, 0.29) is 0 Å². The van der Waals surface area contributed by atoms with Gasteiger partial charge in [-0.05, 0) is 37.1 Å². The lowest BCUT2D eigenvalue weighted by molar-refractivity contribution is -0.113. The molecule has 1 amide bonds. The van der Waals surface area contributed by atoms with Gasteiger partial charge in [-0.15, -0.1) is 6.42 Å². The van der Waals surface area contributed by atoms with Gasteiger partial charge in [-0.25, -0.2) is 8.42 Å². The lowest BCUT2D eigenvalue weighted by Crippen LogP contribution is -2.24. The Morgan fingerprint density at radius 2 is 2.00 bits per heavy atom. The molecular weight excluding hydrogens is 250 g/mol. The highest BCUT2D eigenvalue weighted by molar-refractivity contribution is 7.92. The minimum Gasteiger partial charge on any atom is -0.325 e. The van der Waals surface area contributed by atoms with Crippen LogP contribution in [0.3, 0.4) is 0 Å². The fourth-order valence-electron chi connectivity index (χ4n) is 1.39. The molecule has 0 aliphatic rings. The summed E-state index contributed by atoms with van der Waals surface area (Å²) in [5.41, 5.74) is 2.71. The zero-order chi connectivity index (χ0) is 13.8. The second-order valence-corrected chi connectivity index (χ2v) is 6.15. The van der Waals surface area contributed by atoms with Crippen LogP contribution in [0.5, 0.6) is 0 Å². The average Bonchev–Trinajstić information content (AvgIpc) is 2.22. The summed E-state index contributed by atoms with van der Waals surface area (Å²) in [7, 11) is -3.52. The number of hydrogen-bond donors (Lipinski definition) is 1. The van der Waals surface area contributed by atoms with Gasteiger partial charge in [0.15, 0.2) is 9.84 Å². The average molecular weight is 265 g/mol. The van der Waals surface area contributed by atoms with Crippen LogP contribution in [0.4, 0.5) is 5.69 Å². The van der Waals surface area contributed by atoms with E-state index in [0.717, 1.165) is 11.1 Å². The molecule has 0 heterocycles. The number of anilines is 1. The highest BCUT2D eigenvalue weighted by atomic mass is 32.2. The number of benzene rings is 1. The van der Waals surface area contributed by atoms with Crippen LogP contribution < -0.4 is 5.32 Å². The predicted octanol–water partition coefficient (Wildman–Crippen LogP) is 1.29. The molecule has 0 saturated heterocycles. The number of terminal acetylenes is 1. The Hall–Kier alpha value is -1.80. The van der Waals surface area contributed by atoms with E-state index < -0.39 is 27.3 Å². The molecule has 0 bridgehead atoms. The van der Waals surface area contributed by atoms with E-state index in [4.69, 9.17) is 6.42 Å². The third-order valence-electron chi connectivity index (χ3n) is 2.44. The molecule has 0 spiro atoms. The van der Waals surface area contributed by atoms with Crippen molar-refractivity contribution in [1.29, 1.82) is 0 Å². The molecule has 4 nitrogen and oxygen atoms in total. The number of aryl methyl sites for hydroxylation is 2. The molecule has 0 saturated carbocycles. The van der Waals surface area contributed by atoms with Crippen LogP contribution in [0, 0.1) is 26.2 Å². The van der Waals surface area contributed by atoms with Crippen molar-refractivity contribution in [3.63, 3.8) is 0 Å². The molecule has 18 heavy (non-hydrogen) atoms. The first-order valence-electron chi connectivity index (χ1n) is 5.35. The summed E-state index contributed by atoms with van der Waals surface area (Å²) in [6.07, 6.45) is 4.92. The molecule has 1 rings (SSSR count). The van der Waals surface area contributed by atoms with E-state index in [1.165, 1.54) is 0 Å². The third-order valence-corrected chi connectivity index (χ3v) is 3.75. The van der Waals surface area contributed by atoms with E-state index in [1.54, 1.807) is 12.1 Å².